The van der Waals surface area contributed by atoms with Crippen LogP contribution in [0.25, 0.3) is 0 Å². The third-order valence-corrected chi connectivity index (χ3v) is 10.1. The number of unbranched alkanes of at least 4 members (excludes halogenated alkanes) is 17. The smallest absolute Gasteiger partial charge is 0.306 e. The van der Waals surface area contributed by atoms with E-state index in [1.54, 1.807) is 0 Å². The highest BCUT2D eigenvalue weighted by molar-refractivity contribution is 5.70. The van der Waals surface area contributed by atoms with Gasteiger partial charge in [0.25, 0.3) is 0 Å². The summed E-state index contributed by atoms with van der Waals surface area (Å²) in [5.74, 6) is -0.452. The van der Waals surface area contributed by atoms with Gasteiger partial charge in [0.15, 0.2) is 6.10 Å². The van der Waals surface area contributed by atoms with Crippen molar-refractivity contribution in [1.82, 2.24) is 0 Å². The molecule has 0 amide bonds. The predicted molar refractivity (Wildman–Crippen MR) is 260 cm³/mol. The first-order valence-corrected chi connectivity index (χ1v) is 24.8. The van der Waals surface area contributed by atoms with Crippen LogP contribution in [0.3, 0.4) is 0 Å². The van der Waals surface area contributed by atoms with E-state index in [2.05, 4.69) is 118 Å². The molecule has 0 aromatic carbocycles. The van der Waals surface area contributed by atoms with E-state index in [9.17, 15) is 9.59 Å². The first-order valence-electron chi connectivity index (χ1n) is 24.8. The van der Waals surface area contributed by atoms with E-state index in [0.717, 1.165) is 103 Å². The average Bonchev–Trinajstić information content (AvgIpc) is 3.25. The summed E-state index contributed by atoms with van der Waals surface area (Å²) in [6.45, 7) is 7.38. The topological polar surface area (TPSA) is 61.8 Å². The number of hydrogen-bond donors (Lipinski definition) is 0. The Morgan fingerprint density at radius 2 is 0.750 bits per heavy atom. The molecule has 0 aliphatic rings. The van der Waals surface area contributed by atoms with Gasteiger partial charge in [-0.15, -0.1) is 0 Å². The van der Waals surface area contributed by atoms with E-state index < -0.39 is 6.10 Å². The zero-order valence-electron chi connectivity index (χ0n) is 39.2. The third kappa shape index (κ3) is 47.5. The number of carbonyl (C=O) groups excluding carboxylic acids is 2. The largest absolute Gasteiger partial charge is 0.462 e. The Labute approximate surface area is 371 Å². The van der Waals surface area contributed by atoms with Crippen molar-refractivity contribution < 1.29 is 23.8 Å². The third-order valence-electron chi connectivity index (χ3n) is 10.1. The molecule has 0 spiro atoms. The van der Waals surface area contributed by atoms with Gasteiger partial charge in [0.2, 0.25) is 0 Å². The van der Waals surface area contributed by atoms with Gasteiger partial charge in [0.1, 0.15) is 6.61 Å². The lowest BCUT2D eigenvalue weighted by Gasteiger charge is -2.18. The van der Waals surface area contributed by atoms with Crippen molar-refractivity contribution in [2.75, 3.05) is 19.8 Å². The molecular weight excluding hydrogens is 741 g/mol. The van der Waals surface area contributed by atoms with Gasteiger partial charge in [-0.05, 0) is 83.5 Å². The van der Waals surface area contributed by atoms with E-state index in [1.807, 2.05) is 0 Å². The minimum atomic E-state index is -0.582. The van der Waals surface area contributed by atoms with Crippen LogP contribution in [0.5, 0.6) is 0 Å². The Morgan fingerprint density at radius 1 is 0.383 bits per heavy atom. The number of ether oxygens (including phenoxy) is 3. The molecule has 60 heavy (non-hydrogen) atoms. The van der Waals surface area contributed by atoms with E-state index in [1.165, 1.54) is 77.0 Å². The SMILES string of the molecule is CC/C=C\C/C=C\C/C=C\C/C=C\C/C=C\CCOCC(COC(=O)CCCCCCCCC/C=C\C/C=C\C/C=C\CC)OC(=O)CCCCCCCCCCCCC. The van der Waals surface area contributed by atoms with Gasteiger partial charge in [-0.2, -0.15) is 0 Å². The van der Waals surface area contributed by atoms with E-state index >= 15 is 0 Å². The number of hydrogen-bond acceptors (Lipinski definition) is 5. The van der Waals surface area contributed by atoms with Crippen molar-refractivity contribution in [1.29, 1.82) is 0 Å². The normalized spacial score (nSPS) is 13.1. The Morgan fingerprint density at radius 3 is 1.20 bits per heavy atom. The number of allylic oxidation sites excluding steroid dienone is 15. The lowest BCUT2D eigenvalue weighted by atomic mass is 10.1. The molecule has 5 heteroatoms. The highest BCUT2D eigenvalue weighted by Crippen LogP contribution is 2.14. The van der Waals surface area contributed by atoms with Crippen LogP contribution in [0.1, 0.15) is 213 Å². The van der Waals surface area contributed by atoms with Crippen molar-refractivity contribution in [2.45, 2.75) is 219 Å². The highest BCUT2D eigenvalue weighted by atomic mass is 16.6. The second-order valence-corrected chi connectivity index (χ2v) is 16.0. The summed E-state index contributed by atoms with van der Waals surface area (Å²) in [5, 5.41) is 0. The molecule has 342 valence electrons. The van der Waals surface area contributed by atoms with Crippen molar-refractivity contribution >= 4 is 11.9 Å². The van der Waals surface area contributed by atoms with Gasteiger partial charge in [-0.1, -0.05) is 214 Å². The molecule has 0 heterocycles. The Bertz CT molecular complexity index is 1170. The molecular formula is C55H92O5. The average molecular weight is 833 g/mol. The van der Waals surface area contributed by atoms with Gasteiger partial charge in [-0.25, -0.2) is 0 Å². The van der Waals surface area contributed by atoms with Crippen LogP contribution in [-0.4, -0.2) is 37.9 Å². The van der Waals surface area contributed by atoms with Gasteiger partial charge >= 0.3 is 11.9 Å². The molecule has 0 radical (unpaired) electrons. The van der Waals surface area contributed by atoms with Crippen molar-refractivity contribution in [3.05, 3.63) is 97.2 Å². The fraction of sp³-hybridized carbons (Fsp3) is 0.673. The number of esters is 2. The van der Waals surface area contributed by atoms with Crippen LogP contribution in [0.2, 0.25) is 0 Å². The van der Waals surface area contributed by atoms with Crippen LogP contribution in [0, 0.1) is 0 Å². The lowest BCUT2D eigenvalue weighted by molar-refractivity contribution is -0.162. The maximum absolute atomic E-state index is 12.7. The fourth-order valence-electron chi connectivity index (χ4n) is 6.53. The van der Waals surface area contributed by atoms with Crippen LogP contribution < -0.4 is 0 Å². The summed E-state index contributed by atoms with van der Waals surface area (Å²) >= 11 is 0. The van der Waals surface area contributed by atoms with Gasteiger partial charge in [0, 0.05) is 12.8 Å². The Hall–Kier alpha value is -3.18. The van der Waals surface area contributed by atoms with Gasteiger partial charge in [-0.3, -0.25) is 9.59 Å². The molecule has 1 atom stereocenters. The minimum absolute atomic E-state index is 0.0472. The maximum atomic E-state index is 12.7. The molecule has 0 saturated carbocycles. The first kappa shape index (κ1) is 56.8. The molecule has 0 aliphatic carbocycles. The lowest BCUT2D eigenvalue weighted by Crippen LogP contribution is -2.30. The van der Waals surface area contributed by atoms with Crippen LogP contribution in [0.15, 0.2) is 97.2 Å². The molecule has 0 N–H and O–H groups in total. The summed E-state index contributed by atoms with van der Waals surface area (Å²) in [7, 11) is 0. The van der Waals surface area contributed by atoms with E-state index in [4.69, 9.17) is 14.2 Å². The Balaban J connectivity index is 4.37. The second kappa shape index (κ2) is 50.2. The van der Waals surface area contributed by atoms with Crippen molar-refractivity contribution in [2.24, 2.45) is 0 Å². The second-order valence-electron chi connectivity index (χ2n) is 16.0. The maximum Gasteiger partial charge on any atom is 0.306 e. The van der Waals surface area contributed by atoms with Crippen LogP contribution in [-0.2, 0) is 23.8 Å². The number of rotatable bonds is 44. The minimum Gasteiger partial charge on any atom is -0.462 e. The predicted octanol–water partition coefficient (Wildman–Crippen LogP) is 16.7. The quantitative estimate of drug-likeness (QED) is 0.0348. The van der Waals surface area contributed by atoms with E-state index in [-0.39, 0.29) is 25.2 Å². The molecule has 0 fully saturated rings. The van der Waals surface area contributed by atoms with Crippen molar-refractivity contribution in [3.8, 4) is 0 Å². The molecule has 0 saturated heterocycles. The fourth-order valence-corrected chi connectivity index (χ4v) is 6.53. The van der Waals surface area contributed by atoms with Gasteiger partial charge in [0.05, 0.1) is 13.2 Å². The molecule has 0 rings (SSSR count). The first-order chi connectivity index (χ1) is 29.6. The zero-order valence-corrected chi connectivity index (χ0v) is 39.2. The van der Waals surface area contributed by atoms with Crippen LogP contribution >= 0.6 is 0 Å². The monoisotopic (exact) mass is 833 g/mol. The standard InChI is InChI=1S/C55H92O5/c1-4-7-10-13-16-19-22-24-26-28-29-31-34-36-39-42-45-48-54(56)59-52-53(60-55(57)49-46-43-40-37-33-21-18-15-12-9-6-3)51-58-50-47-44-41-38-35-32-30-27-25-23-20-17-14-11-8-5-2/h7-8,10-11,16-17,19-20,24-27,32,35,41,44,53H,4-6,9,12-15,18,21-23,28-31,33-34,36-40,42-43,45-52H2,1-3H3/b10-7-,11-8-,19-16-,20-17-,26-24-,27-25-,35-32-,44-41-. The molecule has 0 aromatic heterocycles. The molecule has 5 nitrogen and oxygen atoms in total. The summed E-state index contributed by atoms with van der Waals surface area (Å²) in [5.41, 5.74) is 0. The summed E-state index contributed by atoms with van der Waals surface area (Å²) in [4.78, 5) is 25.3. The number of carbonyl (C=O) groups is 2. The molecule has 0 bridgehead atoms. The highest BCUT2D eigenvalue weighted by Gasteiger charge is 2.17. The van der Waals surface area contributed by atoms with Crippen molar-refractivity contribution in [3.63, 3.8) is 0 Å². The molecule has 0 aromatic rings. The summed E-state index contributed by atoms with van der Waals surface area (Å²) < 4.78 is 17.3. The van der Waals surface area contributed by atoms with Gasteiger partial charge < -0.3 is 14.2 Å². The zero-order chi connectivity index (χ0) is 43.5. The van der Waals surface area contributed by atoms with Crippen LogP contribution in [0.4, 0.5) is 0 Å². The summed E-state index contributed by atoms with van der Waals surface area (Å²) in [6.07, 6.45) is 67.2. The summed E-state index contributed by atoms with van der Waals surface area (Å²) in [6, 6.07) is 0. The Kier molecular flexibility index (Phi) is 47.5. The molecule has 1 unspecified atom stereocenters. The molecule has 0 aliphatic heterocycles. The van der Waals surface area contributed by atoms with E-state index in [0.29, 0.717) is 19.4 Å².